The van der Waals surface area contributed by atoms with Crippen molar-refractivity contribution in [3.8, 4) is 0 Å². The summed E-state index contributed by atoms with van der Waals surface area (Å²) in [6, 6.07) is 9.07. The van der Waals surface area contributed by atoms with Crippen molar-refractivity contribution in [3.05, 3.63) is 35.4 Å². The number of amides is 1. The average molecular weight is 351 g/mol. The van der Waals surface area contributed by atoms with Crippen molar-refractivity contribution >= 4 is 18.3 Å². The Labute approximate surface area is 152 Å². The van der Waals surface area contributed by atoms with E-state index in [1.54, 1.807) is 0 Å². The fourth-order valence-corrected chi connectivity index (χ4v) is 4.80. The Kier molecular flexibility index (Phi) is 6.70. The molecule has 0 aromatic heterocycles. The van der Waals surface area contributed by atoms with Gasteiger partial charge >= 0.3 is 0 Å². The molecule has 0 radical (unpaired) electrons. The van der Waals surface area contributed by atoms with Crippen molar-refractivity contribution in [2.24, 2.45) is 17.6 Å². The number of hydrogen-bond acceptors (Lipinski definition) is 2. The molecule has 1 aromatic carbocycles. The van der Waals surface area contributed by atoms with Gasteiger partial charge in [0, 0.05) is 18.5 Å². The van der Waals surface area contributed by atoms with E-state index in [9.17, 15) is 4.79 Å². The molecule has 0 spiro atoms. The molecule has 3 rings (SSSR count). The molecule has 2 aliphatic carbocycles. The zero-order valence-electron chi connectivity index (χ0n) is 14.8. The lowest BCUT2D eigenvalue weighted by Crippen LogP contribution is -2.53. The number of nitrogens with one attached hydrogen (secondary N) is 1. The monoisotopic (exact) mass is 350 g/mol. The standard InChI is InChI=1S/C20H30N2O.ClH/c1-13-6-3-4-9-18(13)14(2)10-19(23)22-20-15-7-5-8-16(20)12-17(21)11-15;/h3-4,6,9,14-17,20H,5,7-8,10-12,21H2,1-2H3,(H,22,23);1H. The molecule has 1 amide bonds. The van der Waals surface area contributed by atoms with Gasteiger partial charge in [0.25, 0.3) is 0 Å². The molecule has 2 saturated carbocycles. The van der Waals surface area contributed by atoms with Crippen molar-refractivity contribution in [2.45, 2.75) is 70.4 Å². The molecule has 2 fully saturated rings. The van der Waals surface area contributed by atoms with Crippen LogP contribution in [0, 0.1) is 18.8 Å². The van der Waals surface area contributed by atoms with Crippen LogP contribution in [-0.4, -0.2) is 18.0 Å². The average Bonchev–Trinajstić information content (AvgIpc) is 2.48. The Morgan fingerprint density at radius 3 is 2.50 bits per heavy atom. The Bertz CT molecular complexity index is 548. The number of aryl methyl sites for hydroxylation is 1. The zero-order valence-corrected chi connectivity index (χ0v) is 15.6. The quantitative estimate of drug-likeness (QED) is 0.864. The molecule has 24 heavy (non-hydrogen) atoms. The van der Waals surface area contributed by atoms with Gasteiger partial charge in [-0.2, -0.15) is 0 Å². The molecule has 2 bridgehead atoms. The smallest absolute Gasteiger partial charge is 0.220 e. The second kappa shape index (κ2) is 8.35. The maximum absolute atomic E-state index is 12.6. The molecule has 0 aliphatic heterocycles. The van der Waals surface area contributed by atoms with Crippen LogP contribution in [-0.2, 0) is 4.79 Å². The summed E-state index contributed by atoms with van der Waals surface area (Å²) in [5.74, 6) is 1.66. The summed E-state index contributed by atoms with van der Waals surface area (Å²) in [5.41, 5.74) is 8.74. The second-order valence-corrected chi connectivity index (χ2v) is 7.74. The Balaban J connectivity index is 0.00000208. The third-order valence-electron chi connectivity index (χ3n) is 5.92. The molecule has 4 heteroatoms. The first-order valence-corrected chi connectivity index (χ1v) is 9.15. The van der Waals surface area contributed by atoms with Gasteiger partial charge in [0.1, 0.15) is 0 Å². The molecule has 0 saturated heterocycles. The van der Waals surface area contributed by atoms with E-state index in [0.29, 0.717) is 30.3 Å². The van der Waals surface area contributed by atoms with Crippen molar-refractivity contribution < 1.29 is 4.79 Å². The van der Waals surface area contributed by atoms with E-state index >= 15 is 0 Å². The maximum atomic E-state index is 12.6. The van der Waals surface area contributed by atoms with Gasteiger partial charge in [0.2, 0.25) is 5.91 Å². The van der Waals surface area contributed by atoms with Crippen LogP contribution in [0.1, 0.15) is 62.5 Å². The Hall–Kier alpha value is -1.06. The predicted octanol–water partition coefficient (Wildman–Crippen LogP) is 3.93. The van der Waals surface area contributed by atoms with E-state index in [4.69, 9.17) is 5.73 Å². The molecular weight excluding hydrogens is 320 g/mol. The molecule has 1 aromatic rings. The largest absolute Gasteiger partial charge is 0.353 e. The fourth-order valence-electron chi connectivity index (χ4n) is 4.80. The molecule has 3 atom stereocenters. The van der Waals surface area contributed by atoms with E-state index in [1.807, 2.05) is 0 Å². The van der Waals surface area contributed by atoms with Crippen LogP contribution in [0.5, 0.6) is 0 Å². The van der Waals surface area contributed by atoms with Gasteiger partial charge in [-0.1, -0.05) is 37.6 Å². The van der Waals surface area contributed by atoms with Crippen molar-refractivity contribution in [1.29, 1.82) is 0 Å². The second-order valence-electron chi connectivity index (χ2n) is 7.74. The number of carbonyl (C=O) groups is 1. The lowest BCUT2D eigenvalue weighted by molar-refractivity contribution is -0.123. The highest BCUT2D eigenvalue weighted by atomic mass is 35.5. The van der Waals surface area contributed by atoms with Gasteiger partial charge in [0.15, 0.2) is 0 Å². The van der Waals surface area contributed by atoms with Crippen LogP contribution < -0.4 is 11.1 Å². The summed E-state index contributed by atoms with van der Waals surface area (Å²) in [6.45, 7) is 4.27. The maximum Gasteiger partial charge on any atom is 0.220 e. The number of nitrogens with two attached hydrogens (primary N) is 1. The first-order chi connectivity index (χ1) is 11.0. The molecule has 0 heterocycles. The fraction of sp³-hybridized carbons (Fsp3) is 0.650. The summed E-state index contributed by atoms with van der Waals surface area (Å²) < 4.78 is 0. The number of fused-ring (bicyclic) bond motifs is 2. The molecular formula is C20H31ClN2O. The first kappa shape index (κ1) is 19.3. The van der Waals surface area contributed by atoms with Crippen LogP contribution in [0.15, 0.2) is 24.3 Å². The Morgan fingerprint density at radius 1 is 1.25 bits per heavy atom. The third-order valence-corrected chi connectivity index (χ3v) is 5.92. The molecule has 134 valence electrons. The number of hydrogen-bond donors (Lipinski definition) is 2. The lowest BCUT2D eigenvalue weighted by atomic mass is 9.67. The van der Waals surface area contributed by atoms with Gasteiger partial charge in [0.05, 0.1) is 0 Å². The molecule has 2 aliphatic rings. The van der Waals surface area contributed by atoms with Gasteiger partial charge < -0.3 is 11.1 Å². The first-order valence-electron chi connectivity index (χ1n) is 9.15. The summed E-state index contributed by atoms with van der Waals surface area (Å²) in [7, 11) is 0. The lowest BCUT2D eigenvalue weighted by Gasteiger charge is -2.45. The van der Waals surface area contributed by atoms with Crippen LogP contribution >= 0.6 is 12.4 Å². The van der Waals surface area contributed by atoms with Crippen LogP contribution in [0.3, 0.4) is 0 Å². The highest BCUT2D eigenvalue weighted by Crippen LogP contribution is 2.39. The van der Waals surface area contributed by atoms with Crippen LogP contribution in [0.4, 0.5) is 0 Å². The highest BCUT2D eigenvalue weighted by Gasteiger charge is 2.39. The normalized spacial score (nSPS) is 30.1. The number of rotatable bonds is 4. The summed E-state index contributed by atoms with van der Waals surface area (Å²) in [6.07, 6.45) is 6.48. The van der Waals surface area contributed by atoms with E-state index in [2.05, 4.69) is 43.4 Å². The highest BCUT2D eigenvalue weighted by molar-refractivity contribution is 5.85. The van der Waals surface area contributed by atoms with Gasteiger partial charge in [-0.15, -0.1) is 12.4 Å². The van der Waals surface area contributed by atoms with Crippen molar-refractivity contribution in [3.63, 3.8) is 0 Å². The van der Waals surface area contributed by atoms with E-state index < -0.39 is 0 Å². The number of carbonyl (C=O) groups excluding carboxylic acids is 1. The Morgan fingerprint density at radius 2 is 1.88 bits per heavy atom. The topological polar surface area (TPSA) is 55.1 Å². The minimum absolute atomic E-state index is 0. The van der Waals surface area contributed by atoms with Gasteiger partial charge in [-0.3, -0.25) is 4.79 Å². The summed E-state index contributed by atoms with van der Waals surface area (Å²) in [5, 5.41) is 3.37. The minimum atomic E-state index is 0. The SMILES string of the molecule is Cc1ccccc1C(C)CC(=O)NC1C2CCCC1CC(N)C2.Cl. The van der Waals surface area contributed by atoms with Gasteiger partial charge in [-0.05, 0) is 61.5 Å². The minimum Gasteiger partial charge on any atom is -0.353 e. The van der Waals surface area contributed by atoms with Crippen LogP contribution in [0.2, 0.25) is 0 Å². The molecule has 3 N–H and O–H groups in total. The van der Waals surface area contributed by atoms with E-state index in [-0.39, 0.29) is 24.2 Å². The van der Waals surface area contributed by atoms with E-state index in [0.717, 1.165) is 12.8 Å². The van der Waals surface area contributed by atoms with Gasteiger partial charge in [-0.25, -0.2) is 0 Å². The number of benzene rings is 1. The summed E-state index contributed by atoms with van der Waals surface area (Å²) >= 11 is 0. The van der Waals surface area contributed by atoms with Crippen molar-refractivity contribution in [2.75, 3.05) is 0 Å². The summed E-state index contributed by atoms with van der Waals surface area (Å²) in [4.78, 5) is 12.6. The third kappa shape index (κ3) is 4.31. The zero-order chi connectivity index (χ0) is 16.4. The van der Waals surface area contributed by atoms with Crippen molar-refractivity contribution in [1.82, 2.24) is 5.32 Å². The molecule has 3 unspecified atom stereocenters. The number of halogens is 1. The predicted molar refractivity (Wildman–Crippen MR) is 101 cm³/mol. The molecule has 3 nitrogen and oxygen atoms in total. The van der Waals surface area contributed by atoms with E-state index in [1.165, 1.54) is 30.4 Å². The van der Waals surface area contributed by atoms with Crippen LogP contribution in [0.25, 0.3) is 0 Å².